The van der Waals surface area contributed by atoms with E-state index in [4.69, 9.17) is 0 Å². The molecule has 0 aliphatic heterocycles. The first-order valence-electron chi connectivity index (χ1n) is 13.9. The monoisotopic (exact) mass is 575 g/mol. The fourth-order valence-corrected chi connectivity index (χ4v) is 8.25. The van der Waals surface area contributed by atoms with E-state index in [-0.39, 0.29) is 39.1 Å². The van der Waals surface area contributed by atoms with Crippen LogP contribution in [0.1, 0.15) is 93.6 Å². The first kappa shape index (κ1) is 29.7. The second-order valence-electron chi connectivity index (χ2n) is 12.2. The summed E-state index contributed by atoms with van der Waals surface area (Å²) in [5, 5.41) is 10.1. The molecule has 214 valence electrons. The van der Waals surface area contributed by atoms with Crippen LogP contribution in [-0.2, 0) is 20.2 Å². The summed E-state index contributed by atoms with van der Waals surface area (Å²) in [6, 6.07) is 4.68. The van der Waals surface area contributed by atoms with Crippen LogP contribution in [0.5, 0.6) is 0 Å². The van der Waals surface area contributed by atoms with Gasteiger partial charge < -0.3 is 10.0 Å². The molecule has 2 heterocycles. The van der Waals surface area contributed by atoms with Gasteiger partial charge in [-0.05, 0) is 80.9 Å². The summed E-state index contributed by atoms with van der Waals surface area (Å²) in [7, 11) is -2.08. The molecule has 2 aromatic heterocycles. The van der Waals surface area contributed by atoms with Crippen molar-refractivity contribution in [3.05, 3.63) is 40.3 Å². The third-order valence-electron chi connectivity index (χ3n) is 8.36. The Balaban J connectivity index is 1.62. The van der Waals surface area contributed by atoms with E-state index < -0.39 is 16.0 Å². The molecule has 0 aromatic carbocycles. The molecule has 0 atom stereocenters. The average molecular weight is 576 g/mol. The SMILES string of the molecule is CC1CCC(C(=O)N(c2cc(C(C)(C)C)sc2C(=O)O)C2CCC(N(C)S(=O)(=O)c3cccnc3)CC2)CC1. The Kier molecular flexibility index (Phi) is 8.88. The first-order chi connectivity index (χ1) is 18.3. The van der Waals surface area contributed by atoms with Crippen LogP contribution in [0.15, 0.2) is 35.5 Å². The molecule has 8 nitrogen and oxygen atoms in total. The van der Waals surface area contributed by atoms with Crippen LogP contribution >= 0.6 is 11.3 Å². The Hall–Kier alpha value is -2.30. The topological polar surface area (TPSA) is 108 Å². The maximum absolute atomic E-state index is 14.1. The Morgan fingerprint density at radius 1 is 1.03 bits per heavy atom. The molecule has 2 aliphatic rings. The maximum atomic E-state index is 14.1. The number of hydrogen-bond acceptors (Lipinski definition) is 6. The lowest BCUT2D eigenvalue weighted by atomic mass is 9.81. The van der Waals surface area contributed by atoms with Gasteiger partial charge in [-0.3, -0.25) is 9.78 Å². The molecule has 10 heteroatoms. The van der Waals surface area contributed by atoms with Crippen LogP contribution in [0.3, 0.4) is 0 Å². The molecule has 2 aliphatic carbocycles. The van der Waals surface area contributed by atoms with Gasteiger partial charge in [-0.15, -0.1) is 11.3 Å². The van der Waals surface area contributed by atoms with Crippen LogP contribution in [0.4, 0.5) is 5.69 Å². The highest BCUT2D eigenvalue weighted by Crippen LogP contribution is 2.42. The van der Waals surface area contributed by atoms with Crippen molar-refractivity contribution in [1.82, 2.24) is 9.29 Å². The van der Waals surface area contributed by atoms with Crippen molar-refractivity contribution >= 4 is 38.9 Å². The van der Waals surface area contributed by atoms with Crippen LogP contribution < -0.4 is 4.90 Å². The smallest absolute Gasteiger partial charge is 0.348 e. The predicted octanol–water partition coefficient (Wildman–Crippen LogP) is 5.93. The van der Waals surface area contributed by atoms with Gasteiger partial charge in [0.05, 0.1) is 5.69 Å². The molecular formula is C29H41N3O5S2. The molecule has 1 N–H and O–H groups in total. The predicted molar refractivity (Wildman–Crippen MR) is 154 cm³/mol. The largest absolute Gasteiger partial charge is 0.477 e. The van der Waals surface area contributed by atoms with Gasteiger partial charge in [-0.2, -0.15) is 4.31 Å². The molecule has 0 bridgehead atoms. The number of pyridine rings is 1. The van der Waals surface area contributed by atoms with Crippen molar-refractivity contribution in [2.75, 3.05) is 11.9 Å². The van der Waals surface area contributed by atoms with E-state index in [0.717, 1.165) is 30.6 Å². The number of carbonyl (C=O) groups excluding carboxylic acids is 1. The standard InChI is InChI=1S/C29H41N3O5S2/c1-19-8-10-20(11-9-19)27(33)32(24-17-25(29(2,3)4)38-26(24)28(34)35)22-14-12-21(13-15-22)31(5)39(36,37)23-7-6-16-30-18-23/h6-7,16-22H,8-15H2,1-5H3,(H,34,35). The van der Waals surface area contributed by atoms with Crippen LogP contribution in [0.2, 0.25) is 0 Å². The zero-order valence-corrected chi connectivity index (χ0v) is 25.2. The quantitative estimate of drug-likeness (QED) is 0.438. The summed E-state index contributed by atoms with van der Waals surface area (Å²) < 4.78 is 27.8. The molecule has 1 amide bonds. The molecule has 0 radical (unpaired) electrons. The van der Waals surface area contributed by atoms with Gasteiger partial charge in [0.1, 0.15) is 9.77 Å². The van der Waals surface area contributed by atoms with Gasteiger partial charge in [0, 0.05) is 42.3 Å². The van der Waals surface area contributed by atoms with Gasteiger partial charge in [0.25, 0.3) is 0 Å². The number of amides is 1. The van der Waals surface area contributed by atoms with Crippen LogP contribution in [0, 0.1) is 11.8 Å². The van der Waals surface area contributed by atoms with E-state index in [1.807, 2.05) is 26.8 Å². The highest BCUT2D eigenvalue weighted by atomic mass is 32.2. The molecule has 2 fully saturated rings. The summed E-state index contributed by atoms with van der Waals surface area (Å²) in [6.07, 6.45) is 8.91. The molecule has 39 heavy (non-hydrogen) atoms. The summed E-state index contributed by atoms with van der Waals surface area (Å²) in [4.78, 5) is 33.5. The summed E-state index contributed by atoms with van der Waals surface area (Å²) in [6.45, 7) is 8.36. The number of rotatable bonds is 7. The van der Waals surface area contributed by atoms with E-state index in [1.165, 1.54) is 21.8 Å². The summed E-state index contributed by atoms with van der Waals surface area (Å²) in [5.74, 6) is -0.523. The van der Waals surface area contributed by atoms with Gasteiger partial charge in [0.15, 0.2) is 0 Å². The number of hydrogen-bond donors (Lipinski definition) is 1. The zero-order valence-electron chi connectivity index (χ0n) is 23.6. The van der Waals surface area contributed by atoms with E-state index in [2.05, 4.69) is 11.9 Å². The maximum Gasteiger partial charge on any atom is 0.348 e. The molecule has 0 spiro atoms. The van der Waals surface area contributed by atoms with Crippen molar-refractivity contribution in [2.45, 2.75) is 101 Å². The molecule has 0 saturated heterocycles. The third-order valence-corrected chi connectivity index (χ3v) is 11.8. The molecule has 2 saturated carbocycles. The fourth-order valence-electron chi connectivity index (χ4n) is 5.82. The number of thiophene rings is 1. The summed E-state index contributed by atoms with van der Waals surface area (Å²) >= 11 is 1.25. The van der Waals surface area contributed by atoms with Crippen molar-refractivity contribution in [2.24, 2.45) is 11.8 Å². The van der Waals surface area contributed by atoms with Crippen molar-refractivity contribution in [3.63, 3.8) is 0 Å². The van der Waals surface area contributed by atoms with Gasteiger partial charge >= 0.3 is 5.97 Å². The lowest BCUT2D eigenvalue weighted by Gasteiger charge is -2.41. The van der Waals surface area contributed by atoms with Crippen molar-refractivity contribution in [1.29, 1.82) is 0 Å². The minimum atomic E-state index is -3.68. The Bertz CT molecular complexity index is 1270. The normalized spacial score (nSPS) is 24.5. The zero-order chi connectivity index (χ0) is 28.5. The Morgan fingerprint density at radius 3 is 2.18 bits per heavy atom. The lowest BCUT2D eigenvalue weighted by Crippen LogP contribution is -2.49. The Labute approximate surface area is 236 Å². The second kappa shape index (κ2) is 11.7. The molecular weight excluding hydrogens is 534 g/mol. The second-order valence-corrected chi connectivity index (χ2v) is 15.3. The summed E-state index contributed by atoms with van der Waals surface area (Å²) in [5.41, 5.74) is 0.254. The minimum Gasteiger partial charge on any atom is -0.477 e. The van der Waals surface area contributed by atoms with Gasteiger partial charge in [0.2, 0.25) is 15.9 Å². The van der Waals surface area contributed by atoms with E-state index in [0.29, 0.717) is 37.3 Å². The number of aromatic carboxylic acids is 1. The molecule has 2 aromatic rings. The molecule has 0 unspecified atom stereocenters. The highest BCUT2D eigenvalue weighted by Gasteiger charge is 2.40. The number of anilines is 1. The van der Waals surface area contributed by atoms with Crippen molar-refractivity contribution in [3.8, 4) is 0 Å². The minimum absolute atomic E-state index is 0.0162. The Morgan fingerprint density at radius 2 is 1.64 bits per heavy atom. The highest BCUT2D eigenvalue weighted by molar-refractivity contribution is 7.89. The number of carboxylic acid groups (broad SMARTS) is 1. The number of sulfonamides is 1. The average Bonchev–Trinajstić information content (AvgIpc) is 3.36. The number of carboxylic acids is 1. The molecule has 4 rings (SSSR count). The van der Waals surface area contributed by atoms with Crippen LogP contribution in [0.25, 0.3) is 0 Å². The van der Waals surface area contributed by atoms with E-state index in [1.54, 1.807) is 30.3 Å². The van der Waals surface area contributed by atoms with E-state index >= 15 is 0 Å². The van der Waals surface area contributed by atoms with Gasteiger partial charge in [-0.1, -0.05) is 27.7 Å². The van der Waals surface area contributed by atoms with Crippen molar-refractivity contribution < 1.29 is 23.1 Å². The lowest BCUT2D eigenvalue weighted by molar-refractivity contribution is -0.124. The number of nitrogens with zero attached hydrogens (tertiary/aromatic N) is 3. The fraction of sp³-hybridized carbons (Fsp3) is 0.621. The van der Waals surface area contributed by atoms with E-state index in [9.17, 15) is 23.1 Å². The number of aromatic nitrogens is 1. The third kappa shape index (κ3) is 6.38. The van der Waals surface area contributed by atoms with Crippen LogP contribution in [-0.4, -0.2) is 53.8 Å². The first-order valence-corrected chi connectivity index (χ1v) is 16.1. The van der Waals surface area contributed by atoms with Gasteiger partial charge in [-0.25, -0.2) is 13.2 Å². The number of carbonyl (C=O) groups is 2.